The molecule has 1 heterocycles. The quantitative estimate of drug-likeness (QED) is 0.745. The lowest BCUT2D eigenvalue weighted by atomic mass is 9.84. The van der Waals surface area contributed by atoms with Crippen molar-refractivity contribution < 1.29 is 9.47 Å². The highest BCUT2D eigenvalue weighted by atomic mass is 16.5. The van der Waals surface area contributed by atoms with E-state index in [9.17, 15) is 0 Å². The Bertz CT molecular complexity index is 191. The summed E-state index contributed by atoms with van der Waals surface area (Å²) >= 11 is 0. The zero-order valence-electron chi connectivity index (χ0n) is 11.9. The van der Waals surface area contributed by atoms with Gasteiger partial charge in [-0.25, -0.2) is 0 Å². The van der Waals surface area contributed by atoms with E-state index in [4.69, 9.17) is 9.47 Å². The van der Waals surface area contributed by atoms with Crippen molar-refractivity contribution in [2.24, 2.45) is 11.8 Å². The van der Waals surface area contributed by atoms with Crippen molar-refractivity contribution in [1.29, 1.82) is 0 Å². The second-order valence-electron chi connectivity index (χ2n) is 5.37. The van der Waals surface area contributed by atoms with Crippen LogP contribution >= 0.6 is 0 Å². The minimum Gasteiger partial charge on any atom is -0.381 e. The summed E-state index contributed by atoms with van der Waals surface area (Å²) < 4.78 is 11.2. The van der Waals surface area contributed by atoms with Crippen molar-refractivity contribution in [3.05, 3.63) is 0 Å². The monoisotopic (exact) mass is 243 g/mol. The third-order valence-electron chi connectivity index (χ3n) is 3.69. The van der Waals surface area contributed by atoms with Crippen molar-refractivity contribution in [1.82, 2.24) is 5.32 Å². The van der Waals surface area contributed by atoms with Gasteiger partial charge in [-0.1, -0.05) is 20.8 Å². The largest absolute Gasteiger partial charge is 0.381 e. The molecular weight excluding hydrogens is 214 g/mol. The lowest BCUT2D eigenvalue weighted by Crippen LogP contribution is -2.50. The molecule has 0 bridgehead atoms. The van der Waals surface area contributed by atoms with Gasteiger partial charge in [0.15, 0.2) is 0 Å². The number of nitrogens with one attached hydrogen (secondary N) is 1. The Morgan fingerprint density at radius 1 is 1.29 bits per heavy atom. The molecule has 0 amide bonds. The van der Waals surface area contributed by atoms with E-state index < -0.39 is 0 Å². The minimum absolute atomic E-state index is 0.310. The van der Waals surface area contributed by atoms with Crippen LogP contribution in [-0.2, 0) is 9.47 Å². The molecule has 1 aliphatic heterocycles. The molecule has 0 aromatic carbocycles. The zero-order chi connectivity index (χ0) is 12.7. The highest BCUT2D eigenvalue weighted by Gasteiger charge is 2.32. The van der Waals surface area contributed by atoms with Crippen molar-refractivity contribution in [3.63, 3.8) is 0 Å². The molecule has 1 rings (SSSR count). The van der Waals surface area contributed by atoms with Gasteiger partial charge in [0.2, 0.25) is 0 Å². The normalized spacial score (nSPS) is 21.7. The van der Waals surface area contributed by atoms with E-state index in [2.05, 4.69) is 26.1 Å². The van der Waals surface area contributed by atoms with E-state index in [1.807, 2.05) is 7.11 Å². The molecule has 1 N–H and O–H groups in total. The Balaban J connectivity index is 2.62. The highest BCUT2D eigenvalue weighted by molar-refractivity contribution is 4.86. The van der Waals surface area contributed by atoms with Gasteiger partial charge in [-0.05, 0) is 37.6 Å². The van der Waals surface area contributed by atoms with Crippen molar-refractivity contribution in [3.8, 4) is 0 Å². The maximum absolute atomic E-state index is 5.72. The fourth-order valence-corrected chi connectivity index (χ4v) is 2.77. The second-order valence-corrected chi connectivity index (χ2v) is 5.37. The summed E-state index contributed by atoms with van der Waals surface area (Å²) in [5.41, 5.74) is 0. The van der Waals surface area contributed by atoms with E-state index >= 15 is 0 Å². The summed E-state index contributed by atoms with van der Waals surface area (Å²) in [6.45, 7) is 9.59. The fourth-order valence-electron chi connectivity index (χ4n) is 2.77. The van der Waals surface area contributed by atoms with E-state index in [1.54, 1.807) is 0 Å². The average molecular weight is 243 g/mol. The van der Waals surface area contributed by atoms with Crippen LogP contribution < -0.4 is 5.32 Å². The molecule has 0 aromatic heterocycles. The first-order valence-corrected chi connectivity index (χ1v) is 7.04. The first-order chi connectivity index (χ1) is 8.20. The lowest BCUT2D eigenvalue weighted by Gasteiger charge is -2.37. The zero-order valence-corrected chi connectivity index (χ0v) is 11.9. The molecule has 0 aliphatic carbocycles. The number of ether oxygens (including phenoxy) is 2. The van der Waals surface area contributed by atoms with Crippen LogP contribution in [0.3, 0.4) is 0 Å². The van der Waals surface area contributed by atoms with Crippen LogP contribution in [-0.4, -0.2) is 39.0 Å². The van der Waals surface area contributed by atoms with Gasteiger partial charge >= 0.3 is 0 Å². The third kappa shape index (κ3) is 4.57. The summed E-state index contributed by atoms with van der Waals surface area (Å²) in [7, 11) is 1.84. The van der Waals surface area contributed by atoms with Crippen LogP contribution in [0.1, 0.15) is 40.0 Å². The van der Waals surface area contributed by atoms with E-state index in [-0.39, 0.29) is 0 Å². The first-order valence-electron chi connectivity index (χ1n) is 7.04. The summed E-state index contributed by atoms with van der Waals surface area (Å²) in [4.78, 5) is 0. The molecule has 2 unspecified atom stereocenters. The number of hydrogen-bond acceptors (Lipinski definition) is 3. The summed E-state index contributed by atoms with van der Waals surface area (Å²) in [6.07, 6.45) is 3.81. The molecule has 0 aromatic rings. The van der Waals surface area contributed by atoms with Gasteiger partial charge in [0.25, 0.3) is 0 Å². The van der Waals surface area contributed by atoms with E-state index in [0.29, 0.717) is 24.0 Å². The molecule has 17 heavy (non-hydrogen) atoms. The van der Waals surface area contributed by atoms with Crippen LogP contribution in [0.2, 0.25) is 0 Å². The molecular formula is C14H29NO2. The molecule has 1 fully saturated rings. The smallest absolute Gasteiger partial charge is 0.0749 e. The fraction of sp³-hybridized carbons (Fsp3) is 1.00. The maximum atomic E-state index is 5.72. The van der Waals surface area contributed by atoms with Gasteiger partial charge in [-0.2, -0.15) is 0 Å². The Hall–Kier alpha value is -0.120. The molecule has 0 spiro atoms. The second kappa shape index (κ2) is 8.06. The molecule has 0 radical (unpaired) electrons. The molecule has 102 valence electrons. The number of rotatable bonds is 7. The molecule has 2 atom stereocenters. The molecule has 1 aliphatic rings. The third-order valence-corrected chi connectivity index (χ3v) is 3.69. The predicted octanol–water partition coefficient (Wildman–Crippen LogP) is 2.45. The van der Waals surface area contributed by atoms with Gasteiger partial charge in [0.05, 0.1) is 6.10 Å². The average Bonchev–Trinajstić information content (AvgIpc) is 2.35. The minimum atomic E-state index is 0.310. The van der Waals surface area contributed by atoms with E-state index in [0.717, 1.165) is 32.6 Å². The predicted molar refractivity (Wildman–Crippen MR) is 71.3 cm³/mol. The van der Waals surface area contributed by atoms with Crippen LogP contribution in [0.5, 0.6) is 0 Å². The number of hydrogen-bond donors (Lipinski definition) is 1. The topological polar surface area (TPSA) is 30.5 Å². The number of methoxy groups -OCH3 is 1. The van der Waals surface area contributed by atoms with Crippen LogP contribution in [0.25, 0.3) is 0 Å². The van der Waals surface area contributed by atoms with Crippen LogP contribution in [0, 0.1) is 11.8 Å². The molecule has 3 heteroatoms. The van der Waals surface area contributed by atoms with Gasteiger partial charge < -0.3 is 14.8 Å². The Morgan fingerprint density at radius 2 is 1.94 bits per heavy atom. The van der Waals surface area contributed by atoms with Gasteiger partial charge in [-0.3, -0.25) is 0 Å². The van der Waals surface area contributed by atoms with Gasteiger partial charge in [0.1, 0.15) is 0 Å². The molecule has 3 nitrogen and oxygen atoms in total. The van der Waals surface area contributed by atoms with Gasteiger partial charge in [0, 0.05) is 26.4 Å². The Kier molecular flexibility index (Phi) is 7.09. The Morgan fingerprint density at radius 3 is 2.41 bits per heavy atom. The van der Waals surface area contributed by atoms with Crippen molar-refractivity contribution in [2.75, 3.05) is 26.9 Å². The van der Waals surface area contributed by atoms with E-state index in [1.165, 1.54) is 6.42 Å². The summed E-state index contributed by atoms with van der Waals surface area (Å²) in [5.74, 6) is 1.25. The summed E-state index contributed by atoms with van der Waals surface area (Å²) in [6, 6.07) is 0.476. The highest BCUT2D eigenvalue weighted by Crippen LogP contribution is 2.25. The lowest BCUT2D eigenvalue weighted by molar-refractivity contribution is -0.0155. The maximum Gasteiger partial charge on any atom is 0.0749 e. The van der Waals surface area contributed by atoms with Crippen LogP contribution in [0.4, 0.5) is 0 Å². The summed E-state index contributed by atoms with van der Waals surface area (Å²) in [5, 5.41) is 3.69. The standard InChI is InChI=1S/C14H29NO2/c1-5-8-15-13(14(16-4)11(2)3)12-6-9-17-10-7-12/h11-15H,5-10H2,1-4H3. The molecule has 0 saturated carbocycles. The Labute approximate surface area is 106 Å². The van der Waals surface area contributed by atoms with Crippen molar-refractivity contribution >= 4 is 0 Å². The van der Waals surface area contributed by atoms with Gasteiger partial charge in [-0.15, -0.1) is 0 Å². The van der Waals surface area contributed by atoms with Crippen LogP contribution in [0.15, 0.2) is 0 Å². The molecule has 1 saturated heterocycles. The first kappa shape index (κ1) is 14.9. The van der Waals surface area contributed by atoms with Crippen molar-refractivity contribution in [2.45, 2.75) is 52.2 Å². The SMILES string of the molecule is CCCNC(C1CCOCC1)C(OC)C(C)C.